The molecule has 0 atom stereocenters. The number of carbonyl (C=O) groups excluding carboxylic acids is 1. The van der Waals surface area contributed by atoms with E-state index in [0.717, 1.165) is 19.3 Å². The maximum Gasteiger partial charge on any atom is 0.256 e. The summed E-state index contributed by atoms with van der Waals surface area (Å²) in [5.41, 5.74) is 2.61. The summed E-state index contributed by atoms with van der Waals surface area (Å²) in [5, 5.41) is 2.90. The molecule has 2 aromatic carbocycles. The Morgan fingerprint density at radius 3 is 2.72 bits per heavy atom. The van der Waals surface area contributed by atoms with Crippen LogP contribution in [0.5, 0.6) is 0 Å². The number of hydrogen-bond donors (Lipinski definition) is 1. The molecule has 2 rings (SSSR count). The zero-order valence-corrected chi connectivity index (χ0v) is 13.4. The van der Waals surface area contributed by atoms with Gasteiger partial charge in [0.25, 0.3) is 5.91 Å². The second kappa shape index (κ2) is 5.84. The summed E-state index contributed by atoms with van der Waals surface area (Å²) in [7, 11) is 0. The van der Waals surface area contributed by atoms with Gasteiger partial charge in [-0.05, 0) is 65.4 Å². The van der Waals surface area contributed by atoms with Crippen molar-refractivity contribution in [2.45, 2.75) is 6.92 Å². The lowest BCUT2D eigenvalue weighted by Gasteiger charge is -2.08. The zero-order chi connectivity index (χ0) is 13.1. The van der Waals surface area contributed by atoms with Crippen molar-refractivity contribution in [3.05, 3.63) is 61.6 Å². The minimum atomic E-state index is -0.0914. The Bertz CT molecular complexity index is 598. The highest BCUT2D eigenvalue weighted by Gasteiger charge is 2.10. The molecule has 4 heteroatoms. The summed E-state index contributed by atoms with van der Waals surface area (Å²) in [6.07, 6.45) is 0. The summed E-state index contributed by atoms with van der Waals surface area (Å²) < 4.78 is 1.83. The summed E-state index contributed by atoms with van der Waals surface area (Å²) in [6.45, 7) is 2.00. The van der Waals surface area contributed by atoms with Gasteiger partial charge in [0.05, 0.1) is 5.56 Å². The first-order valence-corrected chi connectivity index (χ1v) is 7.26. The van der Waals surface area contributed by atoms with Crippen molar-refractivity contribution in [1.82, 2.24) is 0 Å². The molecule has 0 spiro atoms. The molecule has 0 bridgehead atoms. The van der Waals surface area contributed by atoms with E-state index in [9.17, 15) is 4.79 Å². The largest absolute Gasteiger partial charge is 0.322 e. The van der Waals surface area contributed by atoms with Gasteiger partial charge in [-0.2, -0.15) is 0 Å². The second-order valence-corrected chi connectivity index (χ2v) is 6.03. The molecule has 0 saturated carbocycles. The van der Waals surface area contributed by atoms with Crippen molar-refractivity contribution in [3.63, 3.8) is 0 Å². The Morgan fingerprint density at radius 2 is 2.00 bits per heavy atom. The van der Waals surface area contributed by atoms with E-state index in [1.54, 1.807) is 0 Å². The van der Waals surface area contributed by atoms with Crippen molar-refractivity contribution in [2.24, 2.45) is 0 Å². The highest BCUT2D eigenvalue weighted by atomic mass is 127. The van der Waals surface area contributed by atoms with E-state index in [0.29, 0.717) is 5.56 Å². The van der Waals surface area contributed by atoms with Crippen LogP contribution in [-0.2, 0) is 0 Å². The second-order valence-electron chi connectivity index (χ2n) is 3.95. The van der Waals surface area contributed by atoms with E-state index >= 15 is 0 Å². The number of benzene rings is 2. The molecule has 1 N–H and O–H groups in total. The molecular weight excluding hydrogens is 405 g/mol. The summed E-state index contributed by atoms with van der Waals surface area (Å²) in [6, 6.07) is 13.4. The number of halogens is 2. The van der Waals surface area contributed by atoms with Gasteiger partial charge in [0.2, 0.25) is 0 Å². The fraction of sp³-hybridized carbons (Fsp3) is 0.0714. The third kappa shape index (κ3) is 3.32. The molecule has 1 amide bonds. The number of amides is 1. The van der Waals surface area contributed by atoms with Gasteiger partial charge in [-0.15, -0.1) is 0 Å². The molecule has 92 valence electrons. The Kier molecular flexibility index (Phi) is 4.40. The van der Waals surface area contributed by atoms with E-state index in [1.165, 1.54) is 0 Å². The van der Waals surface area contributed by atoms with Gasteiger partial charge in [0.1, 0.15) is 0 Å². The third-order valence-corrected chi connectivity index (χ3v) is 3.88. The maximum atomic E-state index is 12.2. The van der Waals surface area contributed by atoms with Crippen LogP contribution >= 0.6 is 38.5 Å². The number of hydrogen-bond acceptors (Lipinski definition) is 1. The molecule has 0 aliphatic rings. The van der Waals surface area contributed by atoms with Crippen LogP contribution < -0.4 is 5.32 Å². The van der Waals surface area contributed by atoms with Gasteiger partial charge in [-0.1, -0.05) is 28.1 Å². The molecule has 2 aromatic rings. The van der Waals surface area contributed by atoms with Crippen LogP contribution in [0.15, 0.2) is 46.9 Å². The summed E-state index contributed by atoms with van der Waals surface area (Å²) >= 11 is 5.54. The molecule has 0 aromatic heterocycles. The quantitative estimate of drug-likeness (QED) is 0.712. The van der Waals surface area contributed by atoms with Crippen LogP contribution in [-0.4, -0.2) is 5.91 Å². The molecule has 0 aliphatic heterocycles. The minimum Gasteiger partial charge on any atom is -0.322 e. The number of anilines is 1. The van der Waals surface area contributed by atoms with Gasteiger partial charge >= 0.3 is 0 Å². The van der Waals surface area contributed by atoms with Crippen molar-refractivity contribution < 1.29 is 4.79 Å². The summed E-state index contributed by atoms with van der Waals surface area (Å²) in [4.78, 5) is 12.2. The standard InChI is InChI=1S/C14H11BrINO/c1-9-3-2-4-11(7-9)17-14(18)12-8-10(15)5-6-13(12)16/h2-8H,1H3,(H,17,18). The minimum absolute atomic E-state index is 0.0914. The van der Waals surface area contributed by atoms with Gasteiger partial charge < -0.3 is 5.32 Å². The monoisotopic (exact) mass is 415 g/mol. The molecule has 0 aliphatic carbocycles. The molecule has 18 heavy (non-hydrogen) atoms. The highest BCUT2D eigenvalue weighted by molar-refractivity contribution is 14.1. The first-order chi connectivity index (χ1) is 8.56. The van der Waals surface area contributed by atoms with Crippen molar-refractivity contribution >= 4 is 50.1 Å². The number of carbonyl (C=O) groups is 1. The number of nitrogens with one attached hydrogen (secondary N) is 1. The Labute approximate surface area is 128 Å². The van der Waals surface area contributed by atoms with Gasteiger partial charge in [-0.3, -0.25) is 4.79 Å². The fourth-order valence-corrected chi connectivity index (χ4v) is 2.53. The molecule has 0 heterocycles. The molecule has 0 fully saturated rings. The third-order valence-electron chi connectivity index (χ3n) is 2.45. The lowest BCUT2D eigenvalue weighted by Crippen LogP contribution is -2.13. The van der Waals surface area contributed by atoms with Crippen LogP contribution in [0.3, 0.4) is 0 Å². The van der Waals surface area contributed by atoms with Crippen molar-refractivity contribution in [1.29, 1.82) is 0 Å². The van der Waals surface area contributed by atoms with E-state index in [2.05, 4.69) is 43.8 Å². The smallest absolute Gasteiger partial charge is 0.256 e. The fourth-order valence-electron chi connectivity index (χ4n) is 1.59. The molecule has 0 radical (unpaired) electrons. The van der Waals surface area contributed by atoms with Crippen molar-refractivity contribution in [2.75, 3.05) is 5.32 Å². The average Bonchev–Trinajstić information content (AvgIpc) is 2.32. The topological polar surface area (TPSA) is 29.1 Å². The average molecular weight is 416 g/mol. The van der Waals surface area contributed by atoms with Crippen LogP contribution in [0.2, 0.25) is 0 Å². The molecule has 0 unspecified atom stereocenters. The summed E-state index contributed by atoms with van der Waals surface area (Å²) in [5.74, 6) is -0.0914. The molecular formula is C14H11BrINO. The van der Waals surface area contributed by atoms with E-state index in [-0.39, 0.29) is 5.91 Å². The lowest BCUT2D eigenvalue weighted by atomic mass is 10.2. The maximum absolute atomic E-state index is 12.2. The SMILES string of the molecule is Cc1cccc(NC(=O)c2cc(Br)ccc2I)c1. The van der Waals surface area contributed by atoms with Crippen LogP contribution in [0.4, 0.5) is 5.69 Å². The van der Waals surface area contributed by atoms with E-state index in [4.69, 9.17) is 0 Å². The van der Waals surface area contributed by atoms with Crippen LogP contribution in [0.25, 0.3) is 0 Å². The van der Waals surface area contributed by atoms with E-state index < -0.39 is 0 Å². The Morgan fingerprint density at radius 1 is 1.22 bits per heavy atom. The van der Waals surface area contributed by atoms with E-state index in [1.807, 2.05) is 49.4 Å². The lowest BCUT2D eigenvalue weighted by molar-refractivity contribution is 0.102. The predicted molar refractivity (Wildman–Crippen MR) is 86.0 cm³/mol. The number of rotatable bonds is 2. The predicted octanol–water partition coefficient (Wildman–Crippen LogP) is 4.61. The van der Waals surface area contributed by atoms with Crippen molar-refractivity contribution in [3.8, 4) is 0 Å². The van der Waals surface area contributed by atoms with Crippen LogP contribution in [0, 0.1) is 10.5 Å². The molecule has 2 nitrogen and oxygen atoms in total. The van der Waals surface area contributed by atoms with Gasteiger partial charge in [0.15, 0.2) is 0 Å². The normalized spacial score (nSPS) is 10.2. The number of aryl methyl sites for hydroxylation is 1. The van der Waals surface area contributed by atoms with Gasteiger partial charge in [-0.25, -0.2) is 0 Å². The van der Waals surface area contributed by atoms with Gasteiger partial charge in [0, 0.05) is 13.7 Å². The van der Waals surface area contributed by atoms with Crippen LogP contribution in [0.1, 0.15) is 15.9 Å². The first-order valence-electron chi connectivity index (χ1n) is 5.39. The Balaban J connectivity index is 2.24. The zero-order valence-electron chi connectivity index (χ0n) is 9.71. The molecule has 0 saturated heterocycles. The first kappa shape index (κ1) is 13.5. The highest BCUT2D eigenvalue weighted by Crippen LogP contribution is 2.20. The Hall–Kier alpha value is -0.880.